The molecular weight excluding hydrogens is 438 g/mol. The number of benzene rings is 2. The zero-order chi connectivity index (χ0) is 23.6. The van der Waals surface area contributed by atoms with Crippen LogP contribution in [-0.2, 0) is 13.7 Å². The molecular formula is C27H27N7O. The molecule has 0 aliphatic heterocycles. The van der Waals surface area contributed by atoms with Gasteiger partial charge in [0.05, 0.1) is 17.5 Å². The second-order valence-electron chi connectivity index (χ2n) is 9.11. The Morgan fingerprint density at radius 3 is 2.46 bits per heavy atom. The van der Waals surface area contributed by atoms with Gasteiger partial charge in [0, 0.05) is 24.7 Å². The Bertz CT molecular complexity index is 1430. The lowest BCUT2D eigenvalue weighted by Crippen LogP contribution is -2.12. The number of aromatic nitrogens is 7. The first kappa shape index (κ1) is 21.5. The van der Waals surface area contributed by atoms with E-state index in [1.165, 1.54) is 25.0 Å². The monoisotopic (exact) mass is 465 g/mol. The minimum absolute atomic E-state index is 0.434. The van der Waals surface area contributed by atoms with E-state index in [4.69, 9.17) is 14.8 Å². The fourth-order valence-electron chi connectivity index (χ4n) is 5.03. The van der Waals surface area contributed by atoms with Gasteiger partial charge in [-0.3, -0.25) is 0 Å². The number of ether oxygens (including phenoxy) is 1. The Morgan fingerprint density at radius 1 is 0.914 bits per heavy atom. The van der Waals surface area contributed by atoms with Crippen molar-refractivity contribution < 1.29 is 4.74 Å². The van der Waals surface area contributed by atoms with Gasteiger partial charge in [-0.1, -0.05) is 61.7 Å². The smallest absolute Gasteiger partial charge is 0.187 e. The molecule has 0 spiro atoms. The lowest BCUT2D eigenvalue weighted by Gasteiger charge is -2.25. The molecule has 6 rings (SSSR count). The van der Waals surface area contributed by atoms with Crippen LogP contribution in [0.3, 0.4) is 0 Å². The summed E-state index contributed by atoms with van der Waals surface area (Å²) in [5.41, 5.74) is 6.22. The van der Waals surface area contributed by atoms with Gasteiger partial charge in [-0.2, -0.15) is 5.10 Å². The van der Waals surface area contributed by atoms with E-state index in [1.54, 1.807) is 4.68 Å². The van der Waals surface area contributed by atoms with Crippen molar-refractivity contribution in [3.63, 3.8) is 0 Å². The average molecular weight is 466 g/mol. The first-order valence-corrected chi connectivity index (χ1v) is 12.1. The van der Waals surface area contributed by atoms with Crippen LogP contribution in [0.25, 0.3) is 28.2 Å². The van der Waals surface area contributed by atoms with E-state index in [0.717, 1.165) is 46.5 Å². The van der Waals surface area contributed by atoms with E-state index >= 15 is 0 Å². The van der Waals surface area contributed by atoms with Gasteiger partial charge >= 0.3 is 0 Å². The number of tetrazole rings is 1. The highest BCUT2D eigenvalue weighted by molar-refractivity contribution is 5.75. The highest BCUT2D eigenvalue weighted by atomic mass is 16.5. The van der Waals surface area contributed by atoms with Gasteiger partial charge in [0.2, 0.25) is 0 Å². The average Bonchev–Trinajstić information content (AvgIpc) is 3.54. The van der Waals surface area contributed by atoms with E-state index in [-0.39, 0.29) is 0 Å². The van der Waals surface area contributed by atoms with Crippen molar-refractivity contribution in [1.29, 1.82) is 0 Å². The first-order valence-electron chi connectivity index (χ1n) is 12.1. The highest BCUT2D eigenvalue weighted by Crippen LogP contribution is 2.39. The Morgan fingerprint density at radius 2 is 1.71 bits per heavy atom. The summed E-state index contributed by atoms with van der Waals surface area (Å²) in [5, 5.41) is 16.7. The molecule has 1 saturated carbocycles. The normalized spacial score (nSPS) is 14.4. The van der Waals surface area contributed by atoms with E-state index in [1.807, 2.05) is 54.3 Å². The van der Waals surface area contributed by atoms with Gasteiger partial charge in [0.15, 0.2) is 11.5 Å². The SMILES string of the molecule is Cn1nnnc1-c1cnn2c(C3CCCCC3)c(-c3ccc(OCc4ccccc4)cc3)cnc12. The molecule has 0 radical (unpaired) electrons. The van der Waals surface area contributed by atoms with Gasteiger partial charge in [-0.25, -0.2) is 14.2 Å². The summed E-state index contributed by atoms with van der Waals surface area (Å²) in [5.74, 6) is 1.94. The summed E-state index contributed by atoms with van der Waals surface area (Å²) in [4.78, 5) is 4.83. The minimum atomic E-state index is 0.434. The van der Waals surface area contributed by atoms with Gasteiger partial charge in [-0.15, -0.1) is 5.10 Å². The quantitative estimate of drug-likeness (QED) is 0.342. The van der Waals surface area contributed by atoms with E-state index in [0.29, 0.717) is 18.3 Å². The zero-order valence-electron chi connectivity index (χ0n) is 19.7. The second-order valence-corrected chi connectivity index (χ2v) is 9.11. The molecule has 0 atom stereocenters. The van der Waals surface area contributed by atoms with Crippen LogP contribution in [0.15, 0.2) is 67.0 Å². The zero-order valence-corrected chi connectivity index (χ0v) is 19.7. The fraction of sp³-hybridized carbons (Fsp3) is 0.296. The Hall–Kier alpha value is -4.07. The predicted molar refractivity (Wildman–Crippen MR) is 133 cm³/mol. The Labute approximate surface area is 203 Å². The molecule has 5 aromatic rings. The Balaban J connectivity index is 1.37. The van der Waals surface area contributed by atoms with Crippen LogP contribution in [0.4, 0.5) is 0 Å². The van der Waals surface area contributed by atoms with Gasteiger partial charge in [-0.05, 0) is 46.5 Å². The van der Waals surface area contributed by atoms with Crippen LogP contribution >= 0.6 is 0 Å². The molecule has 1 aliphatic carbocycles. The van der Waals surface area contributed by atoms with Crippen molar-refractivity contribution in [2.75, 3.05) is 0 Å². The second kappa shape index (κ2) is 9.29. The topological polar surface area (TPSA) is 83.0 Å². The minimum Gasteiger partial charge on any atom is -0.489 e. The van der Waals surface area contributed by atoms with Crippen molar-refractivity contribution in [3.8, 4) is 28.3 Å². The molecule has 0 saturated heterocycles. The van der Waals surface area contributed by atoms with Crippen LogP contribution in [0.2, 0.25) is 0 Å². The molecule has 1 aliphatic rings. The number of nitrogens with zero attached hydrogens (tertiary/aromatic N) is 7. The first-order chi connectivity index (χ1) is 17.3. The molecule has 8 heteroatoms. The lowest BCUT2D eigenvalue weighted by molar-refractivity contribution is 0.306. The predicted octanol–water partition coefficient (Wildman–Crippen LogP) is 5.21. The van der Waals surface area contributed by atoms with Crippen LogP contribution in [0.5, 0.6) is 5.75 Å². The van der Waals surface area contributed by atoms with E-state index in [9.17, 15) is 0 Å². The molecule has 3 aromatic heterocycles. The van der Waals surface area contributed by atoms with Crippen LogP contribution in [0, 0.1) is 0 Å². The fourth-order valence-corrected chi connectivity index (χ4v) is 5.03. The molecule has 176 valence electrons. The van der Waals surface area contributed by atoms with Crippen molar-refractivity contribution in [2.24, 2.45) is 7.05 Å². The van der Waals surface area contributed by atoms with Crippen molar-refractivity contribution in [3.05, 3.63) is 78.2 Å². The van der Waals surface area contributed by atoms with Crippen molar-refractivity contribution in [1.82, 2.24) is 34.8 Å². The van der Waals surface area contributed by atoms with Crippen LogP contribution in [0.1, 0.15) is 49.3 Å². The molecule has 3 heterocycles. The van der Waals surface area contributed by atoms with Gasteiger partial charge in [0.1, 0.15) is 12.4 Å². The Kier molecular flexibility index (Phi) is 5.70. The third-order valence-corrected chi connectivity index (χ3v) is 6.83. The number of aryl methyl sites for hydroxylation is 1. The maximum atomic E-state index is 6.00. The molecule has 0 unspecified atom stereocenters. The molecule has 8 nitrogen and oxygen atoms in total. The summed E-state index contributed by atoms with van der Waals surface area (Å²) < 4.78 is 9.66. The van der Waals surface area contributed by atoms with E-state index in [2.05, 4.69) is 39.8 Å². The van der Waals surface area contributed by atoms with Crippen molar-refractivity contribution >= 4 is 5.65 Å². The maximum Gasteiger partial charge on any atom is 0.187 e. The van der Waals surface area contributed by atoms with E-state index < -0.39 is 0 Å². The van der Waals surface area contributed by atoms with Gasteiger partial charge in [0.25, 0.3) is 0 Å². The number of fused-ring (bicyclic) bond motifs is 1. The number of hydrogen-bond acceptors (Lipinski definition) is 6. The van der Waals surface area contributed by atoms with Gasteiger partial charge < -0.3 is 4.74 Å². The molecule has 0 amide bonds. The van der Waals surface area contributed by atoms with Crippen LogP contribution in [-0.4, -0.2) is 34.8 Å². The summed E-state index contributed by atoms with van der Waals surface area (Å²) >= 11 is 0. The summed E-state index contributed by atoms with van der Waals surface area (Å²) in [6.07, 6.45) is 9.89. The largest absolute Gasteiger partial charge is 0.489 e. The molecule has 2 aromatic carbocycles. The summed E-state index contributed by atoms with van der Waals surface area (Å²) in [6, 6.07) is 18.5. The number of rotatable bonds is 6. The third-order valence-electron chi connectivity index (χ3n) is 6.83. The number of hydrogen-bond donors (Lipinski definition) is 0. The standard InChI is InChI=1S/C27H27N7O/c1-33-27(30-31-32-33)24-17-29-34-25(21-10-6-3-7-11-21)23(16-28-26(24)34)20-12-14-22(15-13-20)35-18-19-8-4-2-5-9-19/h2,4-5,8-9,12-17,21H,3,6-7,10-11,18H2,1H3. The third kappa shape index (κ3) is 4.16. The maximum absolute atomic E-state index is 6.00. The van der Waals surface area contributed by atoms with Crippen molar-refractivity contribution in [2.45, 2.75) is 44.6 Å². The molecule has 1 fully saturated rings. The molecule has 0 bridgehead atoms. The molecule has 35 heavy (non-hydrogen) atoms. The highest BCUT2D eigenvalue weighted by Gasteiger charge is 2.25. The van der Waals surface area contributed by atoms with Crippen LogP contribution < -0.4 is 4.74 Å². The molecule has 0 N–H and O–H groups in total. The lowest BCUT2D eigenvalue weighted by atomic mass is 9.84. The summed E-state index contributed by atoms with van der Waals surface area (Å²) in [6.45, 7) is 0.550. The summed E-state index contributed by atoms with van der Waals surface area (Å²) in [7, 11) is 1.83.